The van der Waals surface area contributed by atoms with Crippen LogP contribution in [0.4, 0.5) is 5.69 Å². The van der Waals surface area contributed by atoms with E-state index in [1.54, 1.807) is 0 Å². The van der Waals surface area contributed by atoms with Gasteiger partial charge in [0.15, 0.2) is 0 Å². The van der Waals surface area contributed by atoms with E-state index in [0.29, 0.717) is 6.04 Å². The zero-order valence-electron chi connectivity index (χ0n) is 10.8. The zero-order valence-corrected chi connectivity index (χ0v) is 10.8. The van der Waals surface area contributed by atoms with E-state index in [-0.39, 0.29) is 0 Å². The molecule has 0 saturated heterocycles. The number of nitrogens with zero attached hydrogens (tertiary/aromatic N) is 1. The minimum absolute atomic E-state index is 0.495. The molecule has 0 radical (unpaired) electrons. The van der Waals surface area contributed by atoms with E-state index in [0.717, 1.165) is 26.3 Å². The smallest absolute Gasteiger partial charge is 0.0641 e. The average molecular weight is 234 g/mol. The molecule has 0 saturated carbocycles. The molecule has 1 aliphatic heterocycles. The molecule has 0 spiro atoms. The predicted molar refractivity (Wildman–Crippen MR) is 71.6 cm³/mol. The summed E-state index contributed by atoms with van der Waals surface area (Å²) < 4.78 is 5.45. The number of hydrogen-bond donors (Lipinski definition) is 1. The summed E-state index contributed by atoms with van der Waals surface area (Å²) in [7, 11) is 2.04. The lowest BCUT2D eigenvalue weighted by Crippen LogP contribution is -2.36. The lowest BCUT2D eigenvalue weighted by atomic mass is 9.96. The number of ether oxygens (including phenoxy) is 1. The van der Waals surface area contributed by atoms with Crippen LogP contribution in [0.5, 0.6) is 0 Å². The molecule has 2 rings (SSSR count). The van der Waals surface area contributed by atoms with Crippen LogP contribution in [-0.4, -0.2) is 33.4 Å². The Morgan fingerprint density at radius 1 is 1.41 bits per heavy atom. The molecule has 0 fully saturated rings. The number of hydrogen-bond acceptors (Lipinski definition) is 3. The summed E-state index contributed by atoms with van der Waals surface area (Å²) in [6, 6.07) is 9.17. The van der Waals surface area contributed by atoms with Crippen molar-refractivity contribution in [3.05, 3.63) is 29.8 Å². The van der Waals surface area contributed by atoms with Gasteiger partial charge in [0, 0.05) is 31.4 Å². The lowest BCUT2D eigenvalue weighted by Gasteiger charge is -2.35. The fourth-order valence-corrected chi connectivity index (χ4v) is 2.48. The van der Waals surface area contributed by atoms with E-state index >= 15 is 0 Å². The van der Waals surface area contributed by atoms with E-state index in [1.165, 1.54) is 17.7 Å². The van der Waals surface area contributed by atoms with Crippen LogP contribution in [0.1, 0.15) is 24.9 Å². The Kier molecular flexibility index (Phi) is 4.40. The summed E-state index contributed by atoms with van der Waals surface area (Å²) in [6.45, 7) is 5.75. The van der Waals surface area contributed by atoms with Crippen molar-refractivity contribution in [2.24, 2.45) is 0 Å². The Hall–Kier alpha value is -1.06. The Morgan fingerprint density at radius 2 is 2.24 bits per heavy atom. The molecule has 0 bridgehead atoms. The third-order valence-electron chi connectivity index (χ3n) is 3.40. The summed E-state index contributed by atoms with van der Waals surface area (Å²) in [4.78, 5) is 2.43. The molecule has 3 nitrogen and oxygen atoms in total. The third kappa shape index (κ3) is 2.79. The quantitative estimate of drug-likeness (QED) is 0.790. The Bertz CT molecular complexity index is 354. The maximum Gasteiger partial charge on any atom is 0.0641 e. The number of anilines is 1. The minimum Gasteiger partial charge on any atom is -0.380 e. The second-order valence-electron chi connectivity index (χ2n) is 4.37. The fourth-order valence-electron chi connectivity index (χ4n) is 2.48. The van der Waals surface area contributed by atoms with Gasteiger partial charge in [0.05, 0.1) is 6.61 Å². The van der Waals surface area contributed by atoms with Crippen LogP contribution in [0.3, 0.4) is 0 Å². The van der Waals surface area contributed by atoms with Gasteiger partial charge < -0.3 is 15.0 Å². The second kappa shape index (κ2) is 6.03. The van der Waals surface area contributed by atoms with Crippen molar-refractivity contribution in [2.45, 2.75) is 19.4 Å². The second-order valence-corrected chi connectivity index (χ2v) is 4.37. The zero-order chi connectivity index (χ0) is 12.1. The standard InChI is InChI=1S/C14H22N2O/c1-3-17-11-10-16-9-8-13(15-2)12-6-4-5-7-14(12)16/h4-7,13,15H,3,8-11H2,1-2H3. The molecule has 0 aliphatic carbocycles. The molecule has 1 aromatic rings. The highest BCUT2D eigenvalue weighted by atomic mass is 16.5. The number of rotatable bonds is 5. The van der Waals surface area contributed by atoms with Gasteiger partial charge in [0.2, 0.25) is 0 Å². The van der Waals surface area contributed by atoms with E-state index in [2.05, 4.69) is 34.5 Å². The summed E-state index contributed by atoms with van der Waals surface area (Å²) in [6.07, 6.45) is 1.17. The van der Waals surface area contributed by atoms with Crippen molar-refractivity contribution in [2.75, 3.05) is 38.3 Å². The van der Waals surface area contributed by atoms with Crippen LogP contribution in [0, 0.1) is 0 Å². The molecule has 1 heterocycles. The summed E-state index contributed by atoms with van der Waals surface area (Å²) in [5.41, 5.74) is 2.77. The van der Waals surface area contributed by atoms with Gasteiger partial charge in [-0.05, 0) is 32.0 Å². The SMILES string of the molecule is CCOCCN1CCC(NC)c2ccccc21. The van der Waals surface area contributed by atoms with E-state index < -0.39 is 0 Å². The van der Waals surface area contributed by atoms with Crippen LogP contribution in [0.2, 0.25) is 0 Å². The van der Waals surface area contributed by atoms with Gasteiger partial charge in [-0.15, -0.1) is 0 Å². The van der Waals surface area contributed by atoms with Gasteiger partial charge in [-0.2, -0.15) is 0 Å². The molecule has 17 heavy (non-hydrogen) atoms. The first-order valence-electron chi connectivity index (χ1n) is 6.45. The molecule has 1 atom stereocenters. The molecule has 0 amide bonds. The van der Waals surface area contributed by atoms with Crippen molar-refractivity contribution in [3.8, 4) is 0 Å². The minimum atomic E-state index is 0.495. The monoisotopic (exact) mass is 234 g/mol. The molecule has 1 N–H and O–H groups in total. The van der Waals surface area contributed by atoms with Gasteiger partial charge in [0.25, 0.3) is 0 Å². The van der Waals surface area contributed by atoms with Crippen LogP contribution in [0.25, 0.3) is 0 Å². The topological polar surface area (TPSA) is 24.5 Å². The fraction of sp³-hybridized carbons (Fsp3) is 0.571. The summed E-state index contributed by atoms with van der Waals surface area (Å²) in [5.74, 6) is 0. The summed E-state index contributed by atoms with van der Waals surface area (Å²) in [5, 5.41) is 3.39. The van der Waals surface area contributed by atoms with E-state index in [4.69, 9.17) is 4.74 Å². The van der Waals surface area contributed by atoms with Crippen molar-refractivity contribution in [1.29, 1.82) is 0 Å². The van der Waals surface area contributed by atoms with Gasteiger partial charge >= 0.3 is 0 Å². The number of benzene rings is 1. The Balaban J connectivity index is 2.10. The van der Waals surface area contributed by atoms with Crippen molar-refractivity contribution in [3.63, 3.8) is 0 Å². The first-order chi connectivity index (χ1) is 8.36. The van der Waals surface area contributed by atoms with E-state index in [1.807, 2.05) is 14.0 Å². The first-order valence-corrected chi connectivity index (χ1v) is 6.45. The Morgan fingerprint density at radius 3 is 3.00 bits per heavy atom. The normalized spacial score (nSPS) is 19.2. The molecule has 0 aromatic heterocycles. The number of para-hydroxylation sites is 1. The molecular formula is C14H22N2O. The highest BCUT2D eigenvalue weighted by Gasteiger charge is 2.22. The first kappa shape index (κ1) is 12.4. The van der Waals surface area contributed by atoms with Crippen molar-refractivity contribution in [1.82, 2.24) is 5.32 Å². The average Bonchev–Trinajstić information content (AvgIpc) is 2.39. The largest absolute Gasteiger partial charge is 0.380 e. The van der Waals surface area contributed by atoms with Crippen LogP contribution in [-0.2, 0) is 4.74 Å². The highest BCUT2D eigenvalue weighted by molar-refractivity contribution is 5.56. The molecular weight excluding hydrogens is 212 g/mol. The maximum atomic E-state index is 5.45. The van der Waals surface area contributed by atoms with Gasteiger partial charge in [-0.1, -0.05) is 18.2 Å². The molecule has 1 aliphatic rings. The van der Waals surface area contributed by atoms with Crippen LogP contribution in [0.15, 0.2) is 24.3 Å². The van der Waals surface area contributed by atoms with Gasteiger partial charge in [-0.25, -0.2) is 0 Å². The van der Waals surface area contributed by atoms with Crippen molar-refractivity contribution < 1.29 is 4.74 Å². The van der Waals surface area contributed by atoms with Gasteiger partial charge in [-0.3, -0.25) is 0 Å². The van der Waals surface area contributed by atoms with Gasteiger partial charge in [0.1, 0.15) is 0 Å². The molecule has 1 aromatic carbocycles. The molecule has 3 heteroatoms. The van der Waals surface area contributed by atoms with Crippen LogP contribution < -0.4 is 10.2 Å². The van der Waals surface area contributed by atoms with E-state index in [9.17, 15) is 0 Å². The number of nitrogens with one attached hydrogen (secondary N) is 1. The Labute approximate surface area is 104 Å². The molecule has 94 valence electrons. The summed E-state index contributed by atoms with van der Waals surface area (Å²) >= 11 is 0. The number of fused-ring (bicyclic) bond motifs is 1. The van der Waals surface area contributed by atoms with Crippen molar-refractivity contribution >= 4 is 5.69 Å². The maximum absolute atomic E-state index is 5.45. The third-order valence-corrected chi connectivity index (χ3v) is 3.40. The highest BCUT2D eigenvalue weighted by Crippen LogP contribution is 2.32. The van der Waals surface area contributed by atoms with Crippen LogP contribution >= 0.6 is 0 Å². The molecule has 1 unspecified atom stereocenters. The predicted octanol–water partition coefficient (Wildman–Crippen LogP) is 2.19. The lowest BCUT2D eigenvalue weighted by molar-refractivity contribution is 0.153.